The third-order valence-electron chi connectivity index (χ3n) is 6.40. The van der Waals surface area contributed by atoms with Crippen LogP contribution in [0.2, 0.25) is 0 Å². The van der Waals surface area contributed by atoms with Crippen LogP contribution in [0.5, 0.6) is 0 Å². The zero-order valence-corrected chi connectivity index (χ0v) is 22.5. The second-order valence-electron chi connectivity index (χ2n) is 9.60. The maximum Gasteiger partial charge on any atom is 0.0385 e. The van der Waals surface area contributed by atoms with Crippen molar-refractivity contribution in [2.75, 3.05) is 74.6 Å². The number of hydrogen-bond donors (Lipinski definition) is 4. The number of nitrogens with one attached hydrogen (secondary N) is 4. The van der Waals surface area contributed by atoms with Crippen LogP contribution in [0.3, 0.4) is 0 Å². The Kier molecular flexibility index (Phi) is 10.4. The van der Waals surface area contributed by atoms with Gasteiger partial charge in [-0.2, -0.15) is 0 Å². The van der Waals surface area contributed by atoms with E-state index in [0.29, 0.717) is 0 Å². The van der Waals surface area contributed by atoms with Gasteiger partial charge in [-0.15, -0.1) is 0 Å². The van der Waals surface area contributed by atoms with Crippen LogP contribution in [-0.2, 0) is 0 Å². The second-order valence-corrected chi connectivity index (χ2v) is 9.60. The SMILES string of the molecule is CN(CCNc1ccc(Nc2ccccc2)cc1)CCN(C)CCNc1ccc(Nc2ccccc2)cc1. The largest absolute Gasteiger partial charge is 0.384 e. The average Bonchev–Trinajstić information content (AvgIpc) is 2.95. The number of para-hydroxylation sites is 2. The molecule has 0 aliphatic rings. The van der Waals surface area contributed by atoms with Crippen LogP contribution in [0.25, 0.3) is 0 Å². The lowest BCUT2D eigenvalue weighted by molar-refractivity contribution is 0.267. The minimum Gasteiger partial charge on any atom is -0.384 e. The fourth-order valence-corrected chi connectivity index (χ4v) is 4.07. The summed E-state index contributed by atoms with van der Waals surface area (Å²) in [5.74, 6) is 0. The molecule has 0 aromatic heterocycles. The van der Waals surface area contributed by atoms with Gasteiger partial charge in [0.15, 0.2) is 0 Å². The zero-order chi connectivity index (χ0) is 26.4. The fourth-order valence-electron chi connectivity index (χ4n) is 4.07. The molecule has 4 N–H and O–H groups in total. The summed E-state index contributed by atoms with van der Waals surface area (Å²) in [6, 6.07) is 37.4. The Balaban J connectivity index is 1.06. The first-order valence-corrected chi connectivity index (χ1v) is 13.3. The highest BCUT2D eigenvalue weighted by atomic mass is 15.2. The van der Waals surface area contributed by atoms with Crippen LogP contribution in [0.1, 0.15) is 0 Å². The average molecular weight is 509 g/mol. The first-order chi connectivity index (χ1) is 18.6. The lowest BCUT2D eigenvalue weighted by Crippen LogP contribution is -2.35. The Hall–Kier alpha value is -4.00. The normalized spacial score (nSPS) is 10.9. The van der Waals surface area contributed by atoms with E-state index in [1.807, 2.05) is 36.4 Å². The molecule has 0 amide bonds. The van der Waals surface area contributed by atoms with E-state index >= 15 is 0 Å². The summed E-state index contributed by atoms with van der Waals surface area (Å²) >= 11 is 0. The van der Waals surface area contributed by atoms with Gasteiger partial charge in [0.25, 0.3) is 0 Å². The fraction of sp³-hybridized carbons (Fsp3) is 0.250. The second kappa shape index (κ2) is 14.7. The summed E-state index contributed by atoms with van der Waals surface area (Å²) in [6.07, 6.45) is 0. The van der Waals surface area contributed by atoms with Gasteiger partial charge in [0, 0.05) is 73.4 Å². The van der Waals surface area contributed by atoms with Gasteiger partial charge in [0.2, 0.25) is 0 Å². The van der Waals surface area contributed by atoms with Gasteiger partial charge in [0.05, 0.1) is 0 Å². The summed E-state index contributed by atoms with van der Waals surface area (Å²) in [5, 5.41) is 13.9. The van der Waals surface area contributed by atoms with Crippen molar-refractivity contribution in [3.05, 3.63) is 109 Å². The topological polar surface area (TPSA) is 54.6 Å². The van der Waals surface area contributed by atoms with Gasteiger partial charge in [0.1, 0.15) is 0 Å². The summed E-state index contributed by atoms with van der Waals surface area (Å²) in [6.45, 7) is 5.92. The summed E-state index contributed by atoms with van der Waals surface area (Å²) in [5.41, 5.74) is 6.66. The van der Waals surface area contributed by atoms with Crippen molar-refractivity contribution in [1.29, 1.82) is 0 Å². The Labute approximate surface area is 227 Å². The van der Waals surface area contributed by atoms with Crippen molar-refractivity contribution in [2.45, 2.75) is 0 Å². The molecule has 0 heterocycles. The van der Waals surface area contributed by atoms with Crippen LogP contribution in [-0.4, -0.2) is 63.2 Å². The molecule has 0 unspecified atom stereocenters. The number of likely N-dealkylation sites (N-methyl/N-ethyl adjacent to an activating group) is 2. The molecule has 38 heavy (non-hydrogen) atoms. The molecule has 4 aromatic carbocycles. The molecule has 0 saturated heterocycles. The van der Waals surface area contributed by atoms with Gasteiger partial charge >= 0.3 is 0 Å². The summed E-state index contributed by atoms with van der Waals surface area (Å²) in [7, 11) is 4.37. The van der Waals surface area contributed by atoms with Gasteiger partial charge in [-0.05, 0) is 86.9 Å². The maximum absolute atomic E-state index is 3.53. The number of benzene rings is 4. The molecule has 0 fully saturated rings. The van der Waals surface area contributed by atoms with E-state index in [4.69, 9.17) is 0 Å². The molecule has 0 aliphatic carbocycles. The Morgan fingerprint density at radius 3 is 1.08 bits per heavy atom. The van der Waals surface area contributed by atoms with Gasteiger partial charge in [-0.3, -0.25) is 0 Å². The molecule has 4 rings (SSSR count). The Bertz CT molecular complexity index is 1080. The number of rotatable bonds is 15. The molecule has 0 radical (unpaired) electrons. The lowest BCUT2D eigenvalue weighted by Gasteiger charge is -2.22. The first-order valence-electron chi connectivity index (χ1n) is 13.3. The van der Waals surface area contributed by atoms with E-state index in [2.05, 4.69) is 118 Å². The molecule has 0 atom stereocenters. The molecule has 0 aliphatic heterocycles. The molecule has 198 valence electrons. The molecule has 6 nitrogen and oxygen atoms in total. The van der Waals surface area contributed by atoms with E-state index in [-0.39, 0.29) is 0 Å². The van der Waals surface area contributed by atoms with Crippen molar-refractivity contribution in [1.82, 2.24) is 9.80 Å². The lowest BCUT2D eigenvalue weighted by atomic mass is 10.2. The highest BCUT2D eigenvalue weighted by Gasteiger charge is 2.03. The van der Waals surface area contributed by atoms with Crippen molar-refractivity contribution < 1.29 is 0 Å². The van der Waals surface area contributed by atoms with Crippen LogP contribution in [0.4, 0.5) is 34.1 Å². The van der Waals surface area contributed by atoms with Crippen LogP contribution < -0.4 is 21.3 Å². The van der Waals surface area contributed by atoms with Crippen LogP contribution in [0.15, 0.2) is 109 Å². The van der Waals surface area contributed by atoms with Gasteiger partial charge < -0.3 is 31.1 Å². The number of anilines is 6. The van der Waals surface area contributed by atoms with Gasteiger partial charge in [-0.1, -0.05) is 36.4 Å². The molecule has 0 spiro atoms. The monoisotopic (exact) mass is 508 g/mol. The van der Waals surface area contributed by atoms with Crippen LogP contribution in [0, 0.1) is 0 Å². The zero-order valence-electron chi connectivity index (χ0n) is 22.5. The highest BCUT2D eigenvalue weighted by Crippen LogP contribution is 2.19. The van der Waals surface area contributed by atoms with Crippen molar-refractivity contribution >= 4 is 34.1 Å². The summed E-state index contributed by atoms with van der Waals surface area (Å²) in [4.78, 5) is 4.75. The molecule has 6 heteroatoms. The van der Waals surface area contributed by atoms with Crippen molar-refractivity contribution in [3.8, 4) is 0 Å². The van der Waals surface area contributed by atoms with E-state index in [1.54, 1.807) is 0 Å². The maximum atomic E-state index is 3.53. The van der Waals surface area contributed by atoms with E-state index in [9.17, 15) is 0 Å². The predicted molar refractivity (Wildman–Crippen MR) is 164 cm³/mol. The summed E-state index contributed by atoms with van der Waals surface area (Å²) < 4.78 is 0. The molecule has 0 saturated carbocycles. The number of hydrogen-bond acceptors (Lipinski definition) is 6. The minimum atomic E-state index is 0.919. The quantitative estimate of drug-likeness (QED) is 0.146. The molecular formula is C32H40N6. The highest BCUT2D eigenvalue weighted by molar-refractivity contribution is 5.63. The van der Waals surface area contributed by atoms with Crippen molar-refractivity contribution in [3.63, 3.8) is 0 Å². The Morgan fingerprint density at radius 1 is 0.395 bits per heavy atom. The van der Waals surface area contributed by atoms with E-state index < -0.39 is 0 Å². The third kappa shape index (κ3) is 9.47. The predicted octanol–water partition coefficient (Wildman–Crippen LogP) is 6.56. The van der Waals surface area contributed by atoms with Gasteiger partial charge in [-0.25, -0.2) is 0 Å². The smallest absolute Gasteiger partial charge is 0.0385 e. The minimum absolute atomic E-state index is 0.919. The van der Waals surface area contributed by atoms with E-state index in [1.165, 1.54) is 0 Å². The third-order valence-corrected chi connectivity index (χ3v) is 6.40. The molecular weight excluding hydrogens is 468 g/mol. The molecule has 0 bridgehead atoms. The van der Waals surface area contributed by atoms with Crippen molar-refractivity contribution in [2.24, 2.45) is 0 Å². The Morgan fingerprint density at radius 2 is 0.711 bits per heavy atom. The molecule has 4 aromatic rings. The standard InChI is InChI=1S/C32H40N6/c1-37(23-21-33-27-13-17-31(18-14-27)35-29-9-5-3-6-10-29)25-26-38(2)24-22-34-28-15-19-32(20-16-28)36-30-11-7-4-8-12-30/h3-20,33-36H,21-26H2,1-2H3. The van der Waals surface area contributed by atoms with E-state index in [0.717, 1.165) is 73.4 Å². The van der Waals surface area contributed by atoms with Crippen LogP contribution >= 0.6 is 0 Å². The first kappa shape index (κ1) is 27.0. The number of nitrogens with zero attached hydrogens (tertiary/aromatic N) is 2.